The minimum Gasteiger partial charge on any atom is -0.481 e. The maximum atomic E-state index is 12.2. The molecule has 0 saturated carbocycles. The summed E-state index contributed by atoms with van der Waals surface area (Å²) in [6.45, 7) is 2.58. The minimum atomic E-state index is -0.838. The standard InChI is InChI=1S/C13H16N2O3/c1-13(12(17)18)5-2-8-15(9-13)11(16)10-3-6-14-7-4-10/h3-4,6-7H,2,5,8-9H2,1H3,(H,17,18). The highest BCUT2D eigenvalue weighted by Crippen LogP contribution is 2.30. The Balaban J connectivity index is 2.15. The van der Waals surface area contributed by atoms with Crippen LogP contribution in [0.2, 0.25) is 0 Å². The summed E-state index contributed by atoms with van der Waals surface area (Å²) in [5.41, 5.74) is -0.277. The minimum absolute atomic E-state index is 0.121. The molecule has 0 aliphatic carbocycles. The maximum absolute atomic E-state index is 12.2. The Bertz CT molecular complexity index is 461. The van der Waals surface area contributed by atoms with Gasteiger partial charge in [-0.15, -0.1) is 0 Å². The van der Waals surface area contributed by atoms with E-state index in [1.165, 1.54) is 0 Å². The van der Waals surface area contributed by atoms with Gasteiger partial charge in [-0.25, -0.2) is 0 Å². The Morgan fingerprint density at radius 1 is 1.39 bits per heavy atom. The highest BCUT2D eigenvalue weighted by Gasteiger charge is 2.39. The lowest BCUT2D eigenvalue weighted by atomic mass is 9.82. The van der Waals surface area contributed by atoms with Gasteiger partial charge in [0.05, 0.1) is 5.41 Å². The van der Waals surface area contributed by atoms with Gasteiger partial charge < -0.3 is 10.0 Å². The first-order valence-corrected chi connectivity index (χ1v) is 5.96. The lowest BCUT2D eigenvalue weighted by molar-refractivity contribution is -0.150. The fourth-order valence-electron chi connectivity index (χ4n) is 2.26. The maximum Gasteiger partial charge on any atom is 0.311 e. The van der Waals surface area contributed by atoms with E-state index in [1.807, 2.05) is 0 Å². The molecule has 0 radical (unpaired) electrons. The summed E-state index contributed by atoms with van der Waals surface area (Å²) in [5.74, 6) is -0.959. The van der Waals surface area contributed by atoms with Crippen molar-refractivity contribution in [3.8, 4) is 0 Å². The zero-order chi connectivity index (χ0) is 13.2. The van der Waals surface area contributed by atoms with E-state index in [1.54, 1.807) is 36.4 Å². The molecule has 5 nitrogen and oxygen atoms in total. The van der Waals surface area contributed by atoms with Crippen molar-refractivity contribution in [2.24, 2.45) is 5.41 Å². The fourth-order valence-corrected chi connectivity index (χ4v) is 2.26. The largest absolute Gasteiger partial charge is 0.481 e. The number of carboxylic acids is 1. The highest BCUT2D eigenvalue weighted by atomic mass is 16.4. The van der Waals surface area contributed by atoms with Crippen molar-refractivity contribution in [3.63, 3.8) is 0 Å². The van der Waals surface area contributed by atoms with Crippen molar-refractivity contribution >= 4 is 11.9 Å². The zero-order valence-electron chi connectivity index (χ0n) is 10.3. The number of piperidine rings is 1. The second kappa shape index (κ2) is 4.76. The molecule has 5 heteroatoms. The van der Waals surface area contributed by atoms with E-state index in [0.717, 1.165) is 6.42 Å². The number of nitrogens with zero attached hydrogens (tertiary/aromatic N) is 2. The molecule has 0 spiro atoms. The molecule has 1 unspecified atom stereocenters. The van der Waals surface area contributed by atoms with Crippen molar-refractivity contribution in [1.82, 2.24) is 9.88 Å². The third kappa shape index (κ3) is 2.34. The van der Waals surface area contributed by atoms with Gasteiger partial charge in [0.2, 0.25) is 0 Å². The molecule has 18 heavy (non-hydrogen) atoms. The van der Waals surface area contributed by atoms with E-state index in [9.17, 15) is 14.7 Å². The van der Waals surface area contributed by atoms with Gasteiger partial charge in [-0.05, 0) is 31.9 Å². The van der Waals surface area contributed by atoms with Crippen LogP contribution in [-0.4, -0.2) is 40.0 Å². The normalized spacial score (nSPS) is 23.7. The average Bonchev–Trinajstić information content (AvgIpc) is 2.39. The number of aromatic nitrogens is 1. The molecule has 1 aromatic rings. The number of carboxylic acid groups (broad SMARTS) is 1. The molecule has 1 amide bonds. The SMILES string of the molecule is CC1(C(=O)O)CCCN(C(=O)c2ccncc2)C1. The van der Waals surface area contributed by atoms with Crippen LogP contribution in [0.1, 0.15) is 30.1 Å². The number of carbonyl (C=O) groups excluding carboxylic acids is 1. The van der Waals surface area contributed by atoms with Crippen LogP contribution in [0.15, 0.2) is 24.5 Å². The predicted molar refractivity (Wildman–Crippen MR) is 65.1 cm³/mol. The smallest absolute Gasteiger partial charge is 0.311 e. The number of hydrogen-bond donors (Lipinski definition) is 1. The molecule has 1 atom stereocenters. The molecule has 1 fully saturated rings. The van der Waals surface area contributed by atoms with Gasteiger partial charge in [0.25, 0.3) is 5.91 Å². The van der Waals surface area contributed by atoms with Gasteiger partial charge in [0.1, 0.15) is 0 Å². The van der Waals surface area contributed by atoms with Gasteiger partial charge in [0.15, 0.2) is 0 Å². The number of rotatable bonds is 2. The second-order valence-electron chi connectivity index (χ2n) is 4.93. The van der Waals surface area contributed by atoms with E-state index >= 15 is 0 Å². The number of carbonyl (C=O) groups is 2. The first-order valence-electron chi connectivity index (χ1n) is 5.96. The second-order valence-corrected chi connectivity index (χ2v) is 4.93. The molecular weight excluding hydrogens is 232 g/mol. The van der Waals surface area contributed by atoms with Crippen molar-refractivity contribution < 1.29 is 14.7 Å². The summed E-state index contributed by atoms with van der Waals surface area (Å²) in [6, 6.07) is 3.30. The lowest BCUT2D eigenvalue weighted by Gasteiger charge is -2.37. The van der Waals surface area contributed by atoms with Gasteiger partial charge in [-0.2, -0.15) is 0 Å². The summed E-state index contributed by atoms with van der Waals surface area (Å²) in [7, 11) is 0. The van der Waals surface area contributed by atoms with Crippen LogP contribution in [0.4, 0.5) is 0 Å². The van der Waals surface area contributed by atoms with Gasteiger partial charge >= 0.3 is 5.97 Å². The fraction of sp³-hybridized carbons (Fsp3) is 0.462. The number of pyridine rings is 1. The summed E-state index contributed by atoms with van der Waals surface area (Å²) >= 11 is 0. The predicted octanol–water partition coefficient (Wildman–Crippen LogP) is 1.41. The van der Waals surface area contributed by atoms with E-state index in [-0.39, 0.29) is 12.5 Å². The Hall–Kier alpha value is -1.91. The van der Waals surface area contributed by atoms with Crippen LogP contribution in [-0.2, 0) is 4.79 Å². The average molecular weight is 248 g/mol. The van der Waals surface area contributed by atoms with Gasteiger partial charge in [0, 0.05) is 31.0 Å². The number of hydrogen-bond acceptors (Lipinski definition) is 3. The van der Waals surface area contributed by atoms with Crippen LogP contribution in [0.25, 0.3) is 0 Å². The molecule has 1 aliphatic heterocycles. The molecule has 0 aromatic carbocycles. The van der Waals surface area contributed by atoms with E-state index < -0.39 is 11.4 Å². The van der Waals surface area contributed by atoms with E-state index in [2.05, 4.69) is 4.98 Å². The summed E-state index contributed by atoms with van der Waals surface area (Å²) < 4.78 is 0. The Morgan fingerprint density at radius 3 is 2.67 bits per heavy atom. The molecule has 96 valence electrons. The number of aliphatic carboxylic acids is 1. The Kier molecular flexibility index (Phi) is 3.32. The number of likely N-dealkylation sites (tertiary alicyclic amines) is 1. The first kappa shape index (κ1) is 12.5. The molecule has 1 N–H and O–H groups in total. The molecular formula is C13H16N2O3. The topological polar surface area (TPSA) is 70.5 Å². The molecule has 1 aliphatic rings. The van der Waals surface area contributed by atoms with Crippen molar-refractivity contribution in [2.45, 2.75) is 19.8 Å². The summed E-state index contributed by atoms with van der Waals surface area (Å²) in [4.78, 5) is 28.9. The van der Waals surface area contributed by atoms with Crippen molar-refractivity contribution in [1.29, 1.82) is 0 Å². The van der Waals surface area contributed by atoms with Crippen LogP contribution in [0.3, 0.4) is 0 Å². The summed E-state index contributed by atoms with van der Waals surface area (Å²) in [6.07, 6.45) is 4.46. The number of amides is 1. The molecule has 1 saturated heterocycles. The van der Waals surface area contributed by atoms with Crippen LogP contribution >= 0.6 is 0 Å². The van der Waals surface area contributed by atoms with Gasteiger partial charge in [-0.3, -0.25) is 14.6 Å². The molecule has 2 rings (SSSR count). The lowest BCUT2D eigenvalue weighted by Crippen LogP contribution is -2.48. The van der Waals surface area contributed by atoms with E-state index in [0.29, 0.717) is 18.5 Å². The third-order valence-corrected chi connectivity index (χ3v) is 3.43. The van der Waals surface area contributed by atoms with E-state index in [4.69, 9.17) is 0 Å². The molecule has 0 bridgehead atoms. The van der Waals surface area contributed by atoms with Crippen LogP contribution in [0.5, 0.6) is 0 Å². The quantitative estimate of drug-likeness (QED) is 0.859. The Morgan fingerprint density at radius 2 is 2.06 bits per heavy atom. The van der Waals surface area contributed by atoms with Crippen LogP contribution < -0.4 is 0 Å². The first-order chi connectivity index (χ1) is 8.53. The van der Waals surface area contributed by atoms with Crippen molar-refractivity contribution in [3.05, 3.63) is 30.1 Å². The van der Waals surface area contributed by atoms with Crippen molar-refractivity contribution in [2.75, 3.05) is 13.1 Å². The van der Waals surface area contributed by atoms with Gasteiger partial charge in [-0.1, -0.05) is 0 Å². The zero-order valence-corrected chi connectivity index (χ0v) is 10.3. The molecule has 1 aromatic heterocycles. The van der Waals surface area contributed by atoms with Crippen LogP contribution in [0, 0.1) is 5.41 Å². The molecule has 2 heterocycles. The Labute approximate surface area is 105 Å². The monoisotopic (exact) mass is 248 g/mol. The third-order valence-electron chi connectivity index (χ3n) is 3.43. The summed E-state index contributed by atoms with van der Waals surface area (Å²) in [5, 5.41) is 9.22. The highest BCUT2D eigenvalue weighted by molar-refractivity contribution is 5.94.